The van der Waals surface area contributed by atoms with Crippen molar-refractivity contribution in [2.45, 2.75) is 24.5 Å². The van der Waals surface area contributed by atoms with Crippen molar-refractivity contribution in [3.05, 3.63) is 95.6 Å². The van der Waals surface area contributed by atoms with Crippen LogP contribution in [0.5, 0.6) is 0 Å². The van der Waals surface area contributed by atoms with Gasteiger partial charge in [-0.15, -0.1) is 0 Å². The molecule has 10 nitrogen and oxygen atoms in total. The van der Waals surface area contributed by atoms with Gasteiger partial charge in [0.1, 0.15) is 6.04 Å². The Hall–Kier alpha value is -4.86. The van der Waals surface area contributed by atoms with Gasteiger partial charge < -0.3 is 19.7 Å². The summed E-state index contributed by atoms with van der Waals surface area (Å²) in [7, 11) is 1.26. The van der Waals surface area contributed by atoms with Crippen LogP contribution in [0, 0.1) is 0 Å². The molecule has 0 radical (unpaired) electrons. The van der Waals surface area contributed by atoms with Crippen LogP contribution in [-0.4, -0.2) is 55.1 Å². The number of rotatable bonds is 6. The fourth-order valence-electron chi connectivity index (χ4n) is 5.02. The topological polar surface area (TPSA) is 126 Å². The fourth-order valence-corrected chi connectivity index (χ4v) is 5.02. The molecule has 1 fully saturated rings. The van der Waals surface area contributed by atoms with Gasteiger partial charge in [-0.3, -0.25) is 20.2 Å². The van der Waals surface area contributed by atoms with Crippen LogP contribution in [0.1, 0.15) is 27.9 Å². The van der Waals surface area contributed by atoms with Crippen molar-refractivity contribution in [1.29, 1.82) is 0 Å². The third kappa shape index (κ3) is 5.54. The number of amides is 4. The number of likely N-dealkylation sites (tertiary alicyclic amines) is 1. The molecule has 2 heterocycles. The minimum absolute atomic E-state index is 0.186. The molecule has 2 aliphatic rings. The zero-order chi connectivity index (χ0) is 27.4. The van der Waals surface area contributed by atoms with E-state index in [-0.39, 0.29) is 18.9 Å². The van der Waals surface area contributed by atoms with E-state index in [1.54, 1.807) is 29.2 Å². The van der Waals surface area contributed by atoms with Crippen LogP contribution < -0.4 is 16.0 Å². The van der Waals surface area contributed by atoms with E-state index in [4.69, 9.17) is 4.74 Å². The van der Waals surface area contributed by atoms with Crippen LogP contribution in [0.2, 0.25) is 0 Å². The summed E-state index contributed by atoms with van der Waals surface area (Å²) in [5.74, 6) is -0.693. The van der Waals surface area contributed by atoms with E-state index < -0.39 is 29.7 Å². The Morgan fingerprint density at radius 3 is 2.49 bits per heavy atom. The number of ether oxygens (including phenoxy) is 2. The van der Waals surface area contributed by atoms with Crippen molar-refractivity contribution in [1.82, 2.24) is 10.2 Å². The summed E-state index contributed by atoms with van der Waals surface area (Å²) < 4.78 is 10.3. The second-order valence-corrected chi connectivity index (χ2v) is 9.47. The quantitative estimate of drug-likeness (QED) is 0.446. The van der Waals surface area contributed by atoms with E-state index in [1.807, 2.05) is 54.6 Å². The lowest BCUT2D eigenvalue weighted by molar-refractivity contribution is -0.133. The Labute approximate surface area is 225 Å². The molecule has 0 bridgehead atoms. The number of benzene rings is 3. The van der Waals surface area contributed by atoms with Gasteiger partial charge in [-0.05, 0) is 35.9 Å². The normalized spacial score (nSPS) is 18.4. The Morgan fingerprint density at radius 1 is 1.03 bits per heavy atom. The van der Waals surface area contributed by atoms with Crippen LogP contribution in [0.3, 0.4) is 0 Å². The number of nitrogens with zero attached hydrogens (tertiary/aromatic N) is 1. The van der Waals surface area contributed by atoms with Gasteiger partial charge in [-0.1, -0.05) is 48.5 Å². The van der Waals surface area contributed by atoms with E-state index in [0.717, 1.165) is 11.1 Å². The van der Waals surface area contributed by atoms with Crippen molar-refractivity contribution in [2.75, 3.05) is 30.8 Å². The van der Waals surface area contributed by atoms with Crippen LogP contribution in [0.4, 0.5) is 21.0 Å². The maximum Gasteiger partial charge on any atom is 0.412 e. The van der Waals surface area contributed by atoms with Crippen molar-refractivity contribution >= 4 is 35.4 Å². The number of carbonyl (C=O) groups excluding carboxylic acids is 4. The molecule has 0 aromatic heterocycles. The molecule has 5 rings (SSSR count). The third-order valence-electron chi connectivity index (χ3n) is 6.95. The van der Waals surface area contributed by atoms with E-state index in [0.29, 0.717) is 29.9 Å². The number of hydrogen-bond acceptors (Lipinski definition) is 6. The molecule has 3 aromatic carbocycles. The molecule has 10 heteroatoms. The number of fused-ring (bicyclic) bond motifs is 2. The van der Waals surface area contributed by atoms with Crippen LogP contribution in [-0.2, 0) is 26.3 Å². The second kappa shape index (κ2) is 10.9. The molecular formula is C29H28N4O6. The Morgan fingerprint density at radius 2 is 1.74 bits per heavy atom. The van der Waals surface area contributed by atoms with Crippen molar-refractivity contribution < 1.29 is 28.7 Å². The standard InChI is InChI=1S/C29H28N4O6/c1-38-27(36)30-21-13-11-20(12-14-21)25(34)31-24(17-19-7-3-2-4-8-19)26(35)33-16-15-29(18-33)22-9-5-6-10-23(22)32-28(37)39-29/h2-14,24H,15-18H2,1H3,(H,30,36)(H,31,34)(H,32,37)/t24-,29-/m0/s1. The van der Waals surface area contributed by atoms with E-state index >= 15 is 0 Å². The molecular weight excluding hydrogens is 500 g/mol. The highest BCUT2D eigenvalue weighted by atomic mass is 16.6. The number of hydrogen-bond donors (Lipinski definition) is 3. The smallest absolute Gasteiger partial charge is 0.412 e. The van der Waals surface area contributed by atoms with Gasteiger partial charge in [0.2, 0.25) is 5.91 Å². The van der Waals surface area contributed by atoms with Gasteiger partial charge in [0.25, 0.3) is 5.91 Å². The highest BCUT2D eigenvalue weighted by molar-refractivity contribution is 5.98. The van der Waals surface area contributed by atoms with E-state index in [1.165, 1.54) is 7.11 Å². The number of carbonyl (C=O) groups is 4. The minimum atomic E-state index is -0.946. The Kier molecular flexibility index (Phi) is 7.18. The third-order valence-corrected chi connectivity index (χ3v) is 6.95. The van der Waals surface area contributed by atoms with Crippen molar-refractivity contribution in [3.63, 3.8) is 0 Å². The lowest BCUT2D eigenvalue weighted by Gasteiger charge is -2.35. The van der Waals surface area contributed by atoms with Gasteiger partial charge in [0.15, 0.2) is 5.60 Å². The highest BCUT2D eigenvalue weighted by Crippen LogP contribution is 2.42. The first-order valence-electron chi connectivity index (χ1n) is 12.5. The molecule has 2 aliphatic heterocycles. The van der Waals surface area contributed by atoms with Crippen LogP contribution in [0.15, 0.2) is 78.9 Å². The predicted molar refractivity (Wildman–Crippen MR) is 143 cm³/mol. The molecule has 0 unspecified atom stereocenters. The first-order chi connectivity index (χ1) is 18.9. The van der Waals surface area contributed by atoms with Gasteiger partial charge in [-0.2, -0.15) is 0 Å². The molecule has 200 valence electrons. The monoisotopic (exact) mass is 528 g/mol. The van der Waals surface area contributed by atoms with Crippen LogP contribution in [0.25, 0.3) is 0 Å². The Balaban J connectivity index is 1.35. The Bertz CT molecular complexity index is 1390. The predicted octanol–water partition coefficient (Wildman–Crippen LogP) is 3.90. The lowest BCUT2D eigenvalue weighted by Crippen LogP contribution is -2.50. The summed E-state index contributed by atoms with van der Waals surface area (Å²) in [4.78, 5) is 52.4. The number of para-hydroxylation sites is 1. The molecule has 1 spiro atoms. The number of methoxy groups -OCH3 is 1. The first kappa shape index (κ1) is 25.8. The van der Waals surface area contributed by atoms with Crippen molar-refractivity contribution in [2.24, 2.45) is 0 Å². The molecule has 0 aliphatic carbocycles. The maximum atomic E-state index is 13.8. The zero-order valence-corrected chi connectivity index (χ0v) is 21.3. The van der Waals surface area contributed by atoms with Crippen molar-refractivity contribution in [3.8, 4) is 0 Å². The zero-order valence-electron chi connectivity index (χ0n) is 21.3. The van der Waals surface area contributed by atoms with E-state index in [2.05, 4.69) is 20.7 Å². The molecule has 1 saturated heterocycles. The summed E-state index contributed by atoms with van der Waals surface area (Å²) >= 11 is 0. The SMILES string of the molecule is COC(=O)Nc1ccc(C(=O)N[C@@H](Cc2ccccc2)C(=O)N2CC[C@@]3(C2)OC(=O)Nc2ccccc23)cc1. The summed E-state index contributed by atoms with van der Waals surface area (Å²) in [5.41, 5.74) is 2.23. The molecule has 4 amide bonds. The van der Waals surface area contributed by atoms with Gasteiger partial charge in [0, 0.05) is 36.2 Å². The highest BCUT2D eigenvalue weighted by Gasteiger charge is 2.49. The average molecular weight is 529 g/mol. The first-order valence-corrected chi connectivity index (χ1v) is 12.5. The van der Waals surface area contributed by atoms with Gasteiger partial charge >= 0.3 is 12.2 Å². The van der Waals surface area contributed by atoms with Gasteiger partial charge in [-0.25, -0.2) is 9.59 Å². The largest absolute Gasteiger partial charge is 0.453 e. The average Bonchev–Trinajstić information content (AvgIpc) is 3.37. The summed E-state index contributed by atoms with van der Waals surface area (Å²) in [5, 5.41) is 8.14. The maximum absolute atomic E-state index is 13.8. The number of nitrogens with one attached hydrogen (secondary N) is 3. The number of anilines is 2. The van der Waals surface area contributed by atoms with Gasteiger partial charge in [0.05, 0.1) is 19.3 Å². The lowest BCUT2D eigenvalue weighted by atomic mass is 9.90. The van der Waals surface area contributed by atoms with E-state index in [9.17, 15) is 19.2 Å². The molecule has 3 N–H and O–H groups in total. The summed E-state index contributed by atoms with van der Waals surface area (Å²) in [6.45, 7) is 0.556. The summed E-state index contributed by atoms with van der Waals surface area (Å²) in [6.07, 6.45) is -0.438. The minimum Gasteiger partial charge on any atom is -0.453 e. The summed E-state index contributed by atoms with van der Waals surface area (Å²) in [6, 6.07) is 22.3. The second-order valence-electron chi connectivity index (χ2n) is 9.47. The molecule has 2 atom stereocenters. The fraction of sp³-hybridized carbons (Fsp3) is 0.241. The molecule has 0 saturated carbocycles. The molecule has 3 aromatic rings. The van der Waals surface area contributed by atoms with Crippen LogP contribution >= 0.6 is 0 Å². The molecule has 39 heavy (non-hydrogen) atoms.